The minimum Gasteiger partial charge on any atom is -0.378 e. The van der Waals surface area contributed by atoms with Gasteiger partial charge in [-0.05, 0) is 55.0 Å². The quantitative estimate of drug-likeness (QED) is 0.372. The smallest absolute Gasteiger partial charge is 0.378 e. The van der Waals surface area contributed by atoms with Crippen molar-refractivity contribution in [3.63, 3.8) is 0 Å². The Balaban J connectivity index is 0.000000648. The second-order valence-corrected chi connectivity index (χ2v) is 10.3. The summed E-state index contributed by atoms with van der Waals surface area (Å²) in [5.41, 5.74) is 5.84. The third-order valence-electron chi connectivity index (χ3n) is 6.75. The van der Waals surface area contributed by atoms with E-state index in [1.807, 2.05) is 13.1 Å². The number of imidazole rings is 1. The SMILES string of the molecule is CC(F)(F)F.Cc1cc(F)c(NC(=O)N2CCCC2)cc1-c1cc(N2CCOCC2)c2nc(C(C)C)cn2c1. The number of pyridine rings is 1. The number of anilines is 2. The molecule has 11 heteroatoms. The van der Waals surface area contributed by atoms with Crippen molar-refractivity contribution in [1.82, 2.24) is 14.3 Å². The number of carbonyl (C=O) groups is 1. The van der Waals surface area contributed by atoms with E-state index in [1.54, 1.807) is 11.0 Å². The number of ether oxygens (including phenoxy) is 1. The maximum absolute atomic E-state index is 14.8. The Kier molecular flexibility index (Phi) is 8.68. The van der Waals surface area contributed by atoms with E-state index in [1.165, 1.54) is 6.07 Å². The van der Waals surface area contributed by atoms with Crippen LogP contribution >= 0.6 is 0 Å². The number of alkyl halides is 3. The van der Waals surface area contributed by atoms with Crippen LogP contribution in [-0.2, 0) is 4.74 Å². The maximum atomic E-state index is 14.8. The summed E-state index contributed by atoms with van der Waals surface area (Å²) in [5, 5.41) is 2.79. The van der Waals surface area contributed by atoms with E-state index >= 15 is 0 Å². The number of hydrogen-bond donors (Lipinski definition) is 1. The van der Waals surface area contributed by atoms with Gasteiger partial charge < -0.3 is 24.3 Å². The normalized spacial score (nSPS) is 16.0. The van der Waals surface area contributed by atoms with Crippen molar-refractivity contribution in [2.75, 3.05) is 49.6 Å². The Labute approximate surface area is 225 Å². The van der Waals surface area contributed by atoms with Crippen molar-refractivity contribution < 1.29 is 27.1 Å². The Morgan fingerprint density at radius 1 is 1.05 bits per heavy atom. The fourth-order valence-corrected chi connectivity index (χ4v) is 4.76. The van der Waals surface area contributed by atoms with Crippen LogP contribution in [0.2, 0.25) is 0 Å². The number of fused-ring (bicyclic) bond motifs is 1. The van der Waals surface area contributed by atoms with Gasteiger partial charge in [0.1, 0.15) is 5.82 Å². The molecule has 0 atom stereocenters. The van der Waals surface area contributed by atoms with E-state index in [-0.39, 0.29) is 18.6 Å². The van der Waals surface area contributed by atoms with Gasteiger partial charge in [-0.1, -0.05) is 13.8 Å². The zero-order chi connectivity index (χ0) is 28.3. The van der Waals surface area contributed by atoms with E-state index in [0.717, 1.165) is 59.7 Å². The molecule has 3 aromatic rings. The number of likely N-dealkylation sites (tertiary alicyclic amines) is 1. The number of hydrogen-bond acceptors (Lipinski definition) is 4. The summed E-state index contributed by atoms with van der Waals surface area (Å²) in [4.78, 5) is 21.6. The van der Waals surface area contributed by atoms with Gasteiger partial charge in [0.15, 0.2) is 5.65 Å². The van der Waals surface area contributed by atoms with Crippen LogP contribution in [0.1, 0.15) is 50.8 Å². The van der Waals surface area contributed by atoms with Crippen LogP contribution in [0.3, 0.4) is 0 Å². The van der Waals surface area contributed by atoms with E-state index in [4.69, 9.17) is 9.72 Å². The molecule has 0 aliphatic carbocycles. The Morgan fingerprint density at radius 3 is 2.31 bits per heavy atom. The van der Waals surface area contributed by atoms with Crippen molar-refractivity contribution >= 4 is 23.1 Å². The zero-order valence-corrected chi connectivity index (χ0v) is 22.7. The molecule has 2 amide bonds. The van der Waals surface area contributed by atoms with E-state index in [9.17, 15) is 22.4 Å². The van der Waals surface area contributed by atoms with Crippen LogP contribution in [0.25, 0.3) is 16.8 Å². The number of nitrogens with one attached hydrogen (secondary N) is 1. The summed E-state index contributed by atoms with van der Waals surface area (Å²) in [5.74, 6) is -0.117. The molecule has 5 rings (SSSR count). The summed E-state index contributed by atoms with van der Waals surface area (Å²) in [7, 11) is 0. The standard InChI is InChI=1S/C26H32FN5O2.C2H3F3/c1-17(2)23-16-32-15-19(13-24(25(32)28-23)30-8-10-34-11-9-30)20-14-22(21(27)12-18(20)3)29-26(33)31-6-4-5-7-31;1-2(3,4)5/h12-17H,4-11H2,1-3H3,(H,29,33);1H3. The molecule has 7 nitrogen and oxygen atoms in total. The fraction of sp³-hybridized carbons (Fsp3) is 0.500. The van der Waals surface area contributed by atoms with Crippen LogP contribution in [0.4, 0.5) is 33.7 Å². The van der Waals surface area contributed by atoms with Gasteiger partial charge in [0.2, 0.25) is 0 Å². The van der Waals surface area contributed by atoms with E-state index < -0.39 is 12.0 Å². The first-order chi connectivity index (χ1) is 18.4. The van der Waals surface area contributed by atoms with Crippen molar-refractivity contribution in [3.05, 3.63) is 47.7 Å². The predicted octanol–water partition coefficient (Wildman–Crippen LogP) is 6.61. The zero-order valence-electron chi connectivity index (χ0n) is 22.7. The lowest BCUT2D eigenvalue weighted by Gasteiger charge is -2.29. The van der Waals surface area contributed by atoms with Crippen molar-refractivity contribution in [3.8, 4) is 11.1 Å². The number of aromatic nitrogens is 2. The van der Waals surface area contributed by atoms with Gasteiger partial charge in [0.05, 0.1) is 30.3 Å². The number of benzene rings is 1. The van der Waals surface area contributed by atoms with Crippen LogP contribution in [0.5, 0.6) is 0 Å². The first-order valence-electron chi connectivity index (χ1n) is 13.2. The molecular weight excluding hydrogens is 514 g/mol. The molecule has 2 saturated heterocycles. The Hall–Kier alpha value is -3.34. The molecule has 2 aliphatic heterocycles. The number of morpholine rings is 1. The fourth-order valence-electron chi connectivity index (χ4n) is 4.76. The van der Waals surface area contributed by atoms with Crippen molar-refractivity contribution in [2.45, 2.75) is 52.6 Å². The molecule has 212 valence electrons. The average molecular weight is 550 g/mol. The summed E-state index contributed by atoms with van der Waals surface area (Å²) in [6.07, 6.45) is 2.10. The van der Waals surface area contributed by atoms with E-state index in [2.05, 4.69) is 40.7 Å². The lowest BCUT2D eigenvalue weighted by Crippen LogP contribution is -2.36. The third kappa shape index (κ3) is 7.20. The van der Waals surface area contributed by atoms with Gasteiger partial charge in [-0.25, -0.2) is 14.2 Å². The molecule has 2 aromatic heterocycles. The molecule has 0 radical (unpaired) electrons. The summed E-state index contributed by atoms with van der Waals surface area (Å²) in [6, 6.07) is 5.14. The number of aryl methyl sites for hydroxylation is 1. The lowest BCUT2D eigenvalue weighted by molar-refractivity contribution is -0.110. The molecule has 0 spiro atoms. The largest absolute Gasteiger partial charge is 0.386 e. The Morgan fingerprint density at radius 2 is 1.69 bits per heavy atom. The van der Waals surface area contributed by atoms with Gasteiger partial charge in [-0.3, -0.25) is 0 Å². The molecule has 0 unspecified atom stereocenters. The second kappa shape index (κ2) is 11.8. The molecule has 1 aromatic carbocycles. The number of halogens is 4. The highest BCUT2D eigenvalue weighted by Crippen LogP contribution is 2.34. The van der Waals surface area contributed by atoms with Crippen molar-refractivity contribution in [1.29, 1.82) is 0 Å². The maximum Gasteiger partial charge on any atom is 0.386 e. The van der Waals surface area contributed by atoms with Gasteiger partial charge in [0.25, 0.3) is 0 Å². The highest BCUT2D eigenvalue weighted by atomic mass is 19.4. The first-order valence-corrected chi connectivity index (χ1v) is 13.2. The minimum absolute atomic E-state index is 0.188. The molecule has 2 aliphatic rings. The van der Waals surface area contributed by atoms with Crippen LogP contribution < -0.4 is 10.2 Å². The first kappa shape index (κ1) is 28.7. The van der Waals surface area contributed by atoms with Crippen LogP contribution in [-0.4, -0.2) is 65.9 Å². The molecule has 0 saturated carbocycles. The number of rotatable bonds is 4. The molecule has 2 fully saturated rings. The summed E-state index contributed by atoms with van der Waals surface area (Å²) >= 11 is 0. The molecule has 1 N–H and O–H groups in total. The minimum atomic E-state index is -4.00. The number of carbonyl (C=O) groups excluding carboxylic acids is 1. The van der Waals surface area contributed by atoms with E-state index in [0.29, 0.717) is 32.2 Å². The monoisotopic (exact) mass is 549 g/mol. The Bertz CT molecular complexity index is 1300. The van der Waals surface area contributed by atoms with Gasteiger partial charge >= 0.3 is 12.2 Å². The molecular formula is C28H35F4N5O2. The lowest BCUT2D eigenvalue weighted by atomic mass is 10.00. The number of nitrogens with zero attached hydrogens (tertiary/aromatic N) is 4. The number of urea groups is 1. The van der Waals surface area contributed by atoms with Gasteiger partial charge in [-0.15, -0.1) is 0 Å². The molecule has 0 bridgehead atoms. The third-order valence-corrected chi connectivity index (χ3v) is 6.75. The predicted molar refractivity (Wildman–Crippen MR) is 144 cm³/mol. The average Bonchev–Trinajstić information content (AvgIpc) is 3.55. The van der Waals surface area contributed by atoms with Gasteiger partial charge in [-0.2, -0.15) is 13.2 Å². The molecule has 39 heavy (non-hydrogen) atoms. The second-order valence-electron chi connectivity index (χ2n) is 10.3. The summed E-state index contributed by atoms with van der Waals surface area (Å²) in [6.45, 7) is 10.7. The van der Waals surface area contributed by atoms with Gasteiger partial charge in [0, 0.05) is 51.1 Å². The van der Waals surface area contributed by atoms with Crippen LogP contribution in [0, 0.1) is 12.7 Å². The molecule has 4 heterocycles. The topological polar surface area (TPSA) is 62.1 Å². The summed E-state index contributed by atoms with van der Waals surface area (Å²) < 4.78 is 53.5. The highest BCUT2D eigenvalue weighted by molar-refractivity contribution is 5.91. The van der Waals surface area contributed by atoms with Crippen LogP contribution in [0.15, 0.2) is 30.6 Å². The highest BCUT2D eigenvalue weighted by Gasteiger charge is 2.22. The van der Waals surface area contributed by atoms with Crippen molar-refractivity contribution in [2.24, 2.45) is 0 Å². The number of amides is 2.